The third-order valence-electron chi connectivity index (χ3n) is 1.89. The van der Waals surface area contributed by atoms with E-state index in [1.54, 1.807) is 6.20 Å². The van der Waals surface area contributed by atoms with Gasteiger partial charge in [0.05, 0.1) is 11.1 Å². The topological polar surface area (TPSA) is 64.9 Å². The van der Waals surface area contributed by atoms with Gasteiger partial charge in [-0.3, -0.25) is 4.98 Å². The van der Waals surface area contributed by atoms with Gasteiger partial charge in [0.1, 0.15) is 0 Å². The normalized spacial score (nSPS) is 10.8. The average Bonchev–Trinajstić information content (AvgIpc) is 2.42. The summed E-state index contributed by atoms with van der Waals surface area (Å²) in [5, 5.41) is 4.51. The summed E-state index contributed by atoms with van der Waals surface area (Å²) in [6.45, 7) is 3.80. The summed E-state index contributed by atoms with van der Waals surface area (Å²) in [5.41, 5.74) is 8.15. The molecule has 0 unspecified atom stereocenters. The van der Waals surface area contributed by atoms with Crippen LogP contribution in [0.25, 0.3) is 11.0 Å². The van der Waals surface area contributed by atoms with Crippen molar-refractivity contribution in [1.82, 2.24) is 10.1 Å². The van der Waals surface area contributed by atoms with Gasteiger partial charge >= 0.3 is 0 Å². The molecule has 2 heterocycles. The molecule has 62 valence electrons. The van der Waals surface area contributed by atoms with Crippen molar-refractivity contribution < 1.29 is 4.52 Å². The first-order chi connectivity index (χ1) is 5.70. The van der Waals surface area contributed by atoms with Gasteiger partial charge in [0.15, 0.2) is 11.4 Å². The van der Waals surface area contributed by atoms with E-state index in [9.17, 15) is 0 Å². The van der Waals surface area contributed by atoms with Crippen LogP contribution in [0, 0.1) is 13.8 Å². The van der Waals surface area contributed by atoms with Gasteiger partial charge in [0, 0.05) is 11.8 Å². The molecule has 0 saturated carbocycles. The third-order valence-corrected chi connectivity index (χ3v) is 1.89. The SMILES string of the molecule is Cc1cnc(C)c2c(N)noc12. The Labute approximate surface area is 69.4 Å². The average molecular weight is 163 g/mol. The van der Waals surface area contributed by atoms with Crippen molar-refractivity contribution in [1.29, 1.82) is 0 Å². The van der Waals surface area contributed by atoms with Crippen molar-refractivity contribution in [2.45, 2.75) is 13.8 Å². The second-order valence-corrected chi connectivity index (χ2v) is 2.80. The predicted octanol–water partition coefficient (Wildman–Crippen LogP) is 1.42. The lowest BCUT2D eigenvalue weighted by molar-refractivity contribution is 0.459. The van der Waals surface area contributed by atoms with Gasteiger partial charge in [-0.1, -0.05) is 5.16 Å². The number of pyridine rings is 1. The number of nitrogen functional groups attached to an aromatic ring is 1. The number of nitrogens with zero attached hydrogens (tertiary/aromatic N) is 2. The maximum absolute atomic E-state index is 5.60. The van der Waals surface area contributed by atoms with Crippen LogP contribution >= 0.6 is 0 Å². The van der Waals surface area contributed by atoms with E-state index in [0.29, 0.717) is 5.82 Å². The van der Waals surface area contributed by atoms with Gasteiger partial charge in [0.2, 0.25) is 0 Å². The fourth-order valence-corrected chi connectivity index (χ4v) is 1.24. The fourth-order valence-electron chi connectivity index (χ4n) is 1.24. The molecule has 0 fully saturated rings. The molecule has 4 nitrogen and oxygen atoms in total. The van der Waals surface area contributed by atoms with Gasteiger partial charge in [-0.25, -0.2) is 0 Å². The number of nitrogens with two attached hydrogens (primary N) is 1. The predicted molar refractivity (Wildman–Crippen MR) is 45.7 cm³/mol. The molecule has 0 atom stereocenters. The Bertz CT molecular complexity index is 433. The smallest absolute Gasteiger partial charge is 0.176 e. The molecule has 0 aliphatic carbocycles. The molecule has 0 aliphatic heterocycles. The molecule has 0 spiro atoms. The first-order valence-electron chi connectivity index (χ1n) is 3.67. The summed E-state index contributed by atoms with van der Waals surface area (Å²) in [4.78, 5) is 4.16. The van der Waals surface area contributed by atoms with E-state index in [4.69, 9.17) is 10.3 Å². The highest BCUT2D eigenvalue weighted by atomic mass is 16.5. The monoisotopic (exact) mass is 163 g/mol. The van der Waals surface area contributed by atoms with Gasteiger partial charge in [-0.2, -0.15) is 0 Å². The van der Waals surface area contributed by atoms with Gasteiger partial charge in [-0.05, 0) is 13.8 Å². The number of fused-ring (bicyclic) bond motifs is 1. The zero-order valence-electron chi connectivity index (χ0n) is 6.96. The van der Waals surface area contributed by atoms with Crippen LogP contribution in [-0.4, -0.2) is 10.1 Å². The Balaban J connectivity index is 2.98. The quantitative estimate of drug-likeness (QED) is 0.637. The zero-order chi connectivity index (χ0) is 8.72. The Kier molecular flexibility index (Phi) is 1.30. The summed E-state index contributed by atoms with van der Waals surface area (Å²) < 4.78 is 5.05. The molecule has 0 radical (unpaired) electrons. The minimum absolute atomic E-state index is 0.415. The first-order valence-corrected chi connectivity index (χ1v) is 3.67. The molecule has 0 aromatic carbocycles. The molecule has 2 N–H and O–H groups in total. The lowest BCUT2D eigenvalue weighted by Gasteiger charge is -1.95. The first kappa shape index (κ1) is 7.09. The number of aromatic nitrogens is 2. The third kappa shape index (κ3) is 0.777. The van der Waals surface area contributed by atoms with Crippen molar-refractivity contribution in [2.24, 2.45) is 0 Å². The number of hydrogen-bond acceptors (Lipinski definition) is 4. The summed E-state index contributed by atoms with van der Waals surface area (Å²) in [5.74, 6) is 0.415. The number of aryl methyl sites for hydroxylation is 2. The highest BCUT2D eigenvalue weighted by Gasteiger charge is 2.10. The number of hydrogen-bond donors (Lipinski definition) is 1. The Morgan fingerprint density at radius 1 is 1.42 bits per heavy atom. The van der Waals surface area contributed by atoms with Crippen LogP contribution in [0.4, 0.5) is 5.82 Å². The maximum atomic E-state index is 5.60. The maximum Gasteiger partial charge on any atom is 0.176 e. The molecule has 12 heavy (non-hydrogen) atoms. The van der Waals surface area contributed by atoms with Crippen molar-refractivity contribution in [2.75, 3.05) is 5.73 Å². The van der Waals surface area contributed by atoms with E-state index >= 15 is 0 Å². The molecule has 2 aromatic heterocycles. The van der Waals surface area contributed by atoms with E-state index in [0.717, 1.165) is 22.2 Å². The standard InChI is InChI=1S/C8H9N3O/c1-4-3-10-5(2)6-7(4)12-11-8(6)9/h3H,1-2H3,(H2,9,11). The molecule has 2 rings (SSSR count). The lowest BCUT2D eigenvalue weighted by Crippen LogP contribution is -1.89. The highest BCUT2D eigenvalue weighted by molar-refractivity contribution is 5.90. The van der Waals surface area contributed by atoms with Crippen LogP contribution in [0.2, 0.25) is 0 Å². The molecule has 4 heteroatoms. The minimum atomic E-state index is 0.415. The second-order valence-electron chi connectivity index (χ2n) is 2.80. The van der Waals surface area contributed by atoms with E-state index in [1.807, 2.05) is 13.8 Å². The van der Waals surface area contributed by atoms with Crippen LogP contribution in [-0.2, 0) is 0 Å². The minimum Gasteiger partial charge on any atom is -0.380 e. The van der Waals surface area contributed by atoms with Crippen LogP contribution in [0.1, 0.15) is 11.3 Å². The molecular formula is C8H9N3O. The van der Waals surface area contributed by atoms with Crippen LogP contribution in [0.5, 0.6) is 0 Å². The van der Waals surface area contributed by atoms with Gasteiger partial charge in [0.25, 0.3) is 0 Å². The van der Waals surface area contributed by atoms with Crippen LogP contribution < -0.4 is 5.73 Å². The molecule has 0 bridgehead atoms. The fraction of sp³-hybridized carbons (Fsp3) is 0.250. The van der Waals surface area contributed by atoms with Crippen LogP contribution in [0.15, 0.2) is 10.7 Å². The van der Waals surface area contributed by atoms with E-state index < -0.39 is 0 Å². The highest BCUT2D eigenvalue weighted by Crippen LogP contribution is 2.24. The molecule has 0 amide bonds. The summed E-state index contributed by atoms with van der Waals surface area (Å²) in [6.07, 6.45) is 1.75. The molecule has 2 aromatic rings. The largest absolute Gasteiger partial charge is 0.380 e. The summed E-state index contributed by atoms with van der Waals surface area (Å²) >= 11 is 0. The van der Waals surface area contributed by atoms with Crippen molar-refractivity contribution in [3.8, 4) is 0 Å². The van der Waals surface area contributed by atoms with Gasteiger partial charge < -0.3 is 10.3 Å². The Hall–Kier alpha value is -1.58. The number of rotatable bonds is 0. The molecule has 0 saturated heterocycles. The van der Waals surface area contributed by atoms with E-state index in [1.165, 1.54) is 0 Å². The summed E-state index contributed by atoms with van der Waals surface area (Å²) in [7, 11) is 0. The van der Waals surface area contributed by atoms with E-state index in [2.05, 4.69) is 10.1 Å². The Morgan fingerprint density at radius 2 is 2.17 bits per heavy atom. The lowest BCUT2D eigenvalue weighted by atomic mass is 10.2. The second kappa shape index (κ2) is 2.20. The number of anilines is 1. The molecule has 0 aliphatic rings. The van der Waals surface area contributed by atoms with Crippen molar-refractivity contribution >= 4 is 16.8 Å². The van der Waals surface area contributed by atoms with Crippen molar-refractivity contribution in [3.63, 3.8) is 0 Å². The molecular weight excluding hydrogens is 154 g/mol. The van der Waals surface area contributed by atoms with Crippen molar-refractivity contribution in [3.05, 3.63) is 17.5 Å². The van der Waals surface area contributed by atoms with E-state index in [-0.39, 0.29) is 0 Å². The van der Waals surface area contributed by atoms with Crippen LogP contribution in [0.3, 0.4) is 0 Å². The zero-order valence-corrected chi connectivity index (χ0v) is 6.96. The van der Waals surface area contributed by atoms with Gasteiger partial charge in [-0.15, -0.1) is 0 Å². The Morgan fingerprint density at radius 3 is 2.83 bits per heavy atom. The summed E-state index contributed by atoms with van der Waals surface area (Å²) in [6, 6.07) is 0.